The Kier molecular flexibility index (Phi) is 4.92. The van der Waals surface area contributed by atoms with Crippen molar-refractivity contribution in [2.75, 3.05) is 6.54 Å². The molecule has 6 N–H and O–H groups in total. The fourth-order valence-corrected chi connectivity index (χ4v) is 3.96. The van der Waals surface area contributed by atoms with Gasteiger partial charge < -0.3 is 21.6 Å². The number of hydrogen-bond donors (Lipinski definition) is 4. The van der Waals surface area contributed by atoms with E-state index in [2.05, 4.69) is 4.98 Å². The van der Waals surface area contributed by atoms with E-state index in [1.54, 1.807) is 0 Å². The number of nitrogens with one attached hydrogen (secondary N) is 1. The van der Waals surface area contributed by atoms with Crippen LogP contribution < -0.4 is 11.5 Å². The maximum absolute atomic E-state index is 13.0. The fourth-order valence-electron chi connectivity index (χ4n) is 3.96. The molecular formula is C19H25N3O3. The second kappa shape index (κ2) is 6.98. The maximum Gasteiger partial charge on any atom is 0.317 e. The molecule has 1 atom stereocenters. The van der Waals surface area contributed by atoms with Crippen molar-refractivity contribution in [3.8, 4) is 0 Å². The highest BCUT2D eigenvalue weighted by molar-refractivity contribution is 6.06. The molecule has 134 valence electrons. The first kappa shape index (κ1) is 17.6. The lowest BCUT2D eigenvalue weighted by Crippen LogP contribution is -2.51. The smallest absolute Gasteiger partial charge is 0.317 e. The first-order valence-corrected chi connectivity index (χ1v) is 8.76. The van der Waals surface area contributed by atoms with E-state index in [1.807, 2.05) is 30.5 Å². The number of para-hydroxylation sites is 1. The highest BCUT2D eigenvalue weighted by Gasteiger charge is 2.49. The normalized spacial score (nSPS) is 25.0. The summed E-state index contributed by atoms with van der Waals surface area (Å²) in [5.74, 6) is -1.12. The number of H-pyrrole nitrogens is 1. The quantitative estimate of drug-likeness (QED) is 0.596. The zero-order chi connectivity index (χ0) is 18.0. The van der Waals surface area contributed by atoms with Crippen LogP contribution in [0.4, 0.5) is 0 Å². The molecule has 25 heavy (non-hydrogen) atoms. The summed E-state index contributed by atoms with van der Waals surface area (Å²) < 4.78 is 0. The van der Waals surface area contributed by atoms with Crippen molar-refractivity contribution in [3.63, 3.8) is 0 Å². The van der Waals surface area contributed by atoms with E-state index < -0.39 is 17.4 Å². The molecule has 0 amide bonds. The van der Waals surface area contributed by atoms with Gasteiger partial charge in [0.2, 0.25) is 0 Å². The third-order valence-corrected chi connectivity index (χ3v) is 5.62. The lowest BCUT2D eigenvalue weighted by atomic mass is 9.66. The molecule has 3 rings (SSSR count). The predicted molar refractivity (Wildman–Crippen MR) is 96.1 cm³/mol. The van der Waals surface area contributed by atoms with Gasteiger partial charge in [-0.3, -0.25) is 9.59 Å². The number of Topliss-reactive ketones (excluding diaryl/α,β-unsaturated/α-hetero) is 1. The van der Waals surface area contributed by atoms with E-state index >= 15 is 0 Å². The van der Waals surface area contributed by atoms with E-state index in [1.165, 1.54) is 0 Å². The zero-order valence-corrected chi connectivity index (χ0v) is 14.2. The first-order valence-electron chi connectivity index (χ1n) is 8.76. The topological polar surface area (TPSA) is 122 Å². The molecule has 2 aromatic rings. The van der Waals surface area contributed by atoms with Gasteiger partial charge in [0, 0.05) is 17.1 Å². The Morgan fingerprint density at radius 1 is 1.28 bits per heavy atom. The second-order valence-electron chi connectivity index (χ2n) is 7.10. The second-order valence-corrected chi connectivity index (χ2v) is 7.10. The maximum atomic E-state index is 13.0. The van der Waals surface area contributed by atoms with Crippen LogP contribution in [-0.2, 0) is 16.0 Å². The molecular weight excluding hydrogens is 318 g/mol. The summed E-state index contributed by atoms with van der Waals surface area (Å²) in [7, 11) is 0. The SMILES string of the molecule is NCC1CCC(C(=O)O)(C(=O)[C@@H](N)Cc2c[nH]c3ccccc23)CC1. The van der Waals surface area contributed by atoms with Crippen LogP contribution >= 0.6 is 0 Å². The Hall–Kier alpha value is -2.18. The highest BCUT2D eigenvalue weighted by atomic mass is 16.4. The van der Waals surface area contributed by atoms with Crippen LogP contribution in [-0.4, -0.2) is 34.4 Å². The third kappa shape index (κ3) is 3.19. The summed E-state index contributed by atoms with van der Waals surface area (Å²) in [6, 6.07) is 6.96. The van der Waals surface area contributed by atoms with Gasteiger partial charge in [0.15, 0.2) is 5.78 Å². The largest absolute Gasteiger partial charge is 0.480 e. The molecule has 1 heterocycles. The molecule has 6 heteroatoms. The van der Waals surface area contributed by atoms with Crippen molar-refractivity contribution in [1.82, 2.24) is 4.98 Å². The van der Waals surface area contributed by atoms with Gasteiger partial charge in [-0.15, -0.1) is 0 Å². The zero-order valence-electron chi connectivity index (χ0n) is 14.2. The minimum absolute atomic E-state index is 0.296. The van der Waals surface area contributed by atoms with E-state index in [0.717, 1.165) is 16.5 Å². The van der Waals surface area contributed by atoms with Crippen LogP contribution in [0.3, 0.4) is 0 Å². The van der Waals surface area contributed by atoms with E-state index in [-0.39, 0.29) is 5.78 Å². The summed E-state index contributed by atoms with van der Waals surface area (Å²) in [6.45, 7) is 0.533. The predicted octanol–water partition coefficient (Wildman–Crippen LogP) is 1.83. The summed E-state index contributed by atoms with van der Waals surface area (Å²) in [5, 5.41) is 10.8. The van der Waals surface area contributed by atoms with Crippen LogP contribution in [0, 0.1) is 11.3 Å². The number of hydrogen-bond acceptors (Lipinski definition) is 4. The number of aromatic amines is 1. The number of carbonyl (C=O) groups excluding carboxylic acids is 1. The molecule has 0 saturated heterocycles. The van der Waals surface area contributed by atoms with E-state index in [9.17, 15) is 14.7 Å². The average molecular weight is 343 g/mol. The number of carbonyl (C=O) groups is 2. The molecule has 0 radical (unpaired) electrons. The molecule has 0 bridgehead atoms. The number of aromatic nitrogens is 1. The van der Waals surface area contributed by atoms with Crippen molar-refractivity contribution >= 4 is 22.7 Å². The molecule has 1 aromatic carbocycles. The minimum Gasteiger partial charge on any atom is -0.480 e. The molecule has 1 aliphatic carbocycles. The Morgan fingerprint density at radius 2 is 1.96 bits per heavy atom. The van der Waals surface area contributed by atoms with Gasteiger partial charge in [-0.05, 0) is 56.2 Å². The van der Waals surface area contributed by atoms with Crippen molar-refractivity contribution in [2.45, 2.75) is 38.1 Å². The molecule has 0 spiro atoms. The standard InChI is InChI=1S/C19H25N3O3/c20-10-12-5-7-19(8-6-12,18(24)25)17(23)15(21)9-13-11-22-16-4-2-1-3-14(13)16/h1-4,11-12,15,22H,5-10,20-21H2,(H,24,25)/t12?,15-,19?/m0/s1. The number of benzene rings is 1. The average Bonchev–Trinajstić information content (AvgIpc) is 3.04. The molecule has 1 saturated carbocycles. The van der Waals surface area contributed by atoms with Crippen LogP contribution in [0.5, 0.6) is 0 Å². The van der Waals surface area contributed by atoms with Crippen molar-refractivity contribution in [2.24, 2.45) is 22.8 Å². The molecule has 1 fully saturated rings. The number of nitrogens with two attached hydrogens (primary N) is 2. The molecule has 0 unspecified atom stereocenters. The Balaban J connectivity index is 1.79. The summed E-state index contributed by atoms with van der Waals surface area (Å²) in [6.07, 6.45) is 4.15. The van der Waals surface area contributed by atoms with Gasteiger partial charge >= 0.3 is 5.97 Å². The monoisotopic (exact) mass is 343 g/mol. The van der Waals surface area contributed by atoms with Crippen molar-refractivity contribution < 1.29 is 14.7 Å². The van der Waals surface area contributed by atoms with Gasteiger partial charge in [-0.25, -0.2) is 0 Å². The summed E-state index contributed by atoms with van der Waals surface area (Å²) >= 11 is 0. The number of carboxylic acid groups (broad SMARTS) is 1. The molecule has 6 nitrogen and oxygen atoms in total. The highest BCUT2D eigenvalue weighted by Crippen LogP contribution is 2.40. The Labute approximate surface area is 146 Å². The fraction of sp³-hybridized carbons (Fsp3) is 0.474. The lowest BCUT2D eigenvalue weighted by Gasteiger charge is -2.36. The number of fused-ring (bicyclic) bond motifs is 1. The van der Waals surface area contributed by atoms with Gasteiger partial charge in [0.05, 0.1) is 6.04 Å². The van der Waals surface area contributed by atoms with Gasteiger partial charge in [0.1, 0.15) is 5.41 Å². The van der Waals surface area contributed by atoms with Crippen LogP contribution in [0.25, 0.3) is 10.9 Å². The molecule has 1 aliphatic rings. The number of aliphatic carboxylic acids is 1. The van der Waals surface area contributed by atoms with Gasteiger partial charge in [-0.1, -0.05) is 18.2 Å². The van der Waals surface area contributed by atoms with Crippen molar-refractivity contribution in [1.29, 1.82) is 0 Å². The lowest BCUT2D eigenvalue weighted by molar-refractivity contribution is -0.158. The molecule has 1 aromatic heterocycles. The van der Waals surface area contributed by atoms with Crippen LogP contribution in [0.2, 0.25) is 0 Å². The van der Waals surface area contributed by atoms with E-state index in [0.29, 0.717) is 44.6 Å². The van der Waals surface area contributed by atoms with Crippen molar-refractivity contribution in [3.05, 3.63) is 36.0 Å². The number of carboxylic acids is 1. The Morgan fingerprint density at radius 3 is 2.60 bits per heavy atom. The molecule has 0 aliphatic heterocycles. The number of ketones is 1. The number of rotatable bonds is 6. The van der Waals surface area contributed by atoms with Gasteiger partial charge in [-0.2, -0.15) is 0 Å². The van der Waals surface area contributed by atoms with E-state index in [4.69, 9.17) is 11.5 Å². The van der Waals surface area contributed by atoms with Gasteiger partial charge in [0.25, 0.3) is 0 Å². The van der Waals surface area contributed by atoms with Crippen LogP contribution in [0.15, 0.2) is 30.5 Å². The summed E-state index contributed by atoms with van der Waals surface area (Å²) in [4.78, 5) is 28.1. The third-order valence-electron chi connectivity index (χ3n) is 5.62. The first-order chi connectivity index (χ1) is 12.0. The van der Waals surface area contributed by atoms with Crippen LogP contribution in [0.1, 0.15) is 31.2 Å². The minimum atomic E-state index is -1.36. The summed E-state index contributed by atoms with van der Waals surface area (Å²) in [5.41, 5.74) is 12.4. The Bertz CT molecular complexity index is 775.